The van der Waals surface area contributed by atoms with Crippen molar-refractivity contribution < 1.29 is 28.5 Å². The Hall–Kier alpha value is -3.38. The highest BCUT2D eigenvalue weighted by molar-refractivity contribution is 5.74. The van der Waals surface area contributed by atoms with Crippen molar-refractivity contribution in [3.8, 4) is 5.75 Å². The van der Waals surface area contributed by atoms with E-state index in [1.165, 1.54) is 11.1 Å². The molecule has 4 bridgehead atoms. The van der Waals surface area contributed by atoms with Gasteiger partial charge >= 0.3 is 11.9 Å². The van der Waals surface area contributed by atoms with Gasteiger partial charge in [0.2, 0.25) is 0 Å². The lowest BCUT2D eigenvalue weighted by Gasteiger charge is -2.32. The van der Waals surface area contributed by atoms with Crippen molar-refractivity contribution in [3.05, 3.63) is 89.5 Å². The number of allylic oxidation sites excluding steroid dienone is 4. The van der Waals surface area contributed by atoms with E-state index in [1.54, 1.807) is 0 Å². The Kier molecular flexibility index (Phi) is 9.95. The Morgan fingerprint density at radius 3 is 1.73 bits per heavy atom. The third kappa shape index (κ3) is 7.75. The fraction of sp³-hybridized carbons (Fsp3) is 0.571. The topological polar surface area (TPSA) is 71.1 Å². The molecule has 6 nitrogen and oxygen atoms in total. The van der Waals surface area contributed by atoms with Crippen LogP contribution in [0.15, 0.2) is 72.8 Å². The summed E-state index contributed by atoms with van der Waals surface area (Å²) in [6, 6.07) is 17.0. The lowest BCUT2D eigenvalue weighted by Crippen LogP contribution is -2.35. The number of hydrogen-bond donors (Lipinski definition) is 0. The van der Waals surface area contributed by atoms with Gasteiger partial charge in [-0.3, -0.25) is 9.59 Å². The number of carbonyl (C=O) groups excluding carboxylic acids is 2. The summed E-state index contributed by atoms with van der Waals surface area (Å²) in [4.78, 5) is 25.3. The maximum atomic E-state index is 12.9. The largest absolute Gasteiger partial charge is 0.493 e. The summed E-state index contributed by atoms with van der Waals surface area (Å²) >= 11 is 0. The lowest BCUT2D eigenvalue weighted by atomic mass is 9.77. The summed E-state index contributed by atoms with van der Waals surface area (Å²) < 4.78 is 23.9. The van der Waals surface area contributed by atoms with E-state index in [0.29, 0.717) is 56.3 Å². The molecule has 6 rings (SSSR count). The first-order chi connectivity index (χ1) is 22.8. The summed E-state index contributed by atoms with van der Waals surface area (Å²) in [5.74, 6) is 2.60. The van der Waals surface area contributed by atoms with Gasteiger partial charge in [-0.15, -0.1) is 0 Å². The fourth-order valence-corrected chi connectivity index (χ4v) is 8.09. The van der Waals surface area contributed by atoms with Crippen LogP contribution in [0.2, 0.25) is 0 Å². The molecule has 0 radical (unpaired) electrons. The second-order valence-corrected chi connectivity index (χ2v) is 16.2. The van der Waals surface area contributed by atoms with Crippen LogP contribution in [0.25, 0.3) is 0 Å². The van der Waals surface area contributed by atoms with Crippen LogP contribution >= 0.6 is 0 Å². The first-order valence-corrected chi connectivity index (χ1v) is 18.1. The predicted octanol–water partition coefficient (Wildman–Crippen LogP) is 8.71. The van der Waals surface area contributed by atoms with Gasteiger partial charge in [0.25, 0.3) is 0 Å². The zero-order chi connectivity index (χ0) is 34.1. The second-order valence-electron chi connectivity index (χ2n) is 16.2. The number of hydrogen-bond acceptors (Lipinski definition) is 6. The van der Waals surface area contributed by atoms with Crippen molar-refractivity contribution in [1.82, 2.24) is 0 Å². The van der Waals surface area contributed by atoms with Gasteiger partial charge in [-0.25, -0.2) is 0 Å². The zero-order valence-corrected chi connectivity index (χ0v) is 29.7. The van der Waals surface area contributed by atoms with E-state index in [4.69, 9.17) is 18.9 Å². The van der Waals surface area contributed by atoms with Crippen molar-refractivity contribution in [3.63, 3.8) is 0 Å². The predicted molar refractivity (Wildman–Crippen MR) is 188 cm³/mol. The number of fused-ring (bicyclic) bond motifs is 4. The lowest BCUT2D eigenvalue weighted by molar-refractivity contribution is -0.165. The van der Waals surface area contributed by atoms with Crippen LogP contribution in [0.5, 0.6) is 5.75 Å². The highest BCUT2D eigenvalue weighted by atomic mass is 16.6. The van der Waals surface area contributed by atoms with Crippen molar-refractivity contribution in [2.24, 2.45) is 35.5 Å². The Bertz CT molecular complexity index is 1500. The number of benzene rings is 2. The van der Waals surface area contributed by atoms with E-state index >= 15 is 0 Å². The molecule has 258 valence electrons. The smallest absolute Gasteiger partial charge is 0.310 e. The van der Waals surface area contributed by atoms with Gasteiger partial charge < -0.3 is 18.9 Å². The van der Waals surface area contributed by atoms with Gasteiger partial charge in [0.15, 0.2) is 0 Å². The highest BCUT2D eigenvalue weighted by Gasteiger charge is 2.43. The molecule has 2 fully saturated rings. The highest BCUT2D eigenvalue weighted by Crippen LogP contribution is 2.45. The standard InChI is InChI=1S/C42H54O6/c1-40(2,48-39(44)37-27-29-9-11-31(37)25-29)20-23-47-42(5,6)34-14-12-32(13-15-34)41(3,4)33-16-18-35(19-17-33)45-21-7-22-46-38(43)36-26-28-8-10-30(36)24-28/h8-19,28-31,36-37H,7,20-27H2,1-6H3. The van der Waals surface area contributed by atoms with E-state index in [9.17, 15) is 9.59 Å². The fourth-order valence-electron chi connectivity index (χ4n) is 8.09. The van der Waals surface area contributed by atoms with Crippen LogP contribution in [0.3, 0.4) is 0 Å². The molecule has 6 atom stereocenters. The summed E-state index contributed by atoms with van der Waals surface area (Å²) in [7, 11) is 0. The molecule has 0 amide bonds. The zero-order valence-electron chi connectivity index (χ0n) is 29.7. The molecule has 0 heterocycles. The van der Waals surface area contributed by atoms with E-state index < -0.39 is 11.2 Å². The molecule has 6 unspecified atom stereocenters. The summed E-state index contributed by atoms with van der Waals surface area (Å²) in [6.45, 7) is 14.0. The first kappa shape index (κ1) is 34.5. The summed E-state index contributed by atoms with van der Waals surface area (Å²) in [6.07, 6.45) is 14.2. The third-order valence-electron chi connectivity index (χ3n) is 11.4. The number of ether oxygens (including phenoxy) is 4. The maximum absolute atomic E-state index is 12.9. The molecule has 0 aromatic heterocycles. The Morgan fingerprint density at radius 1 is 0.646 bits per heavy atom. The Balaban J connectivity index is 0.935. The molecule has 0 spiro atoms. The van der Waals surface area contributed by atoms with Crippen molar-refractivity contribution in [2.75, 3.05) is 19.8 Å². The molecule has 2 aromatic rings. The molecule has 6 heteroatoms. The van der Waals surface area contributed by atoms with Crippen LogP contribution in [-0.4, -0.2) is 37.4 Å². The normalized spacial score (nSPS) is 25.9. The molecule has 2 aromatic carbocycles. The van der Waals surface area contributed by atoms with Crippen LogP contribution in [0, 0.1) is 35.5 Å². The third-order valence-corrected chi connectivity index (χ3v) is 11.4. The monoisotopic (exact) mass is 654 g/mol. The molecule has 2 saturated carbocycles. The van der Waals surface area contributed by atoms with E-state index in [1.807, 2.05) is 26.0 Å². The minimum Gasteiger partial charge on any atom is -0.493 e. The van der Waals surface area contributed by atoms with Gasteiger partial charge in [-0.1, -0.05) is 74.5 Å². The number of esters is 2. The molecule has 48 heavy (non-hydrogen) atoms. The van der Waals surface area contributed by atoms with Crippen molar-refractivity contribution >= 4 is 11.9 Å². The molecule has 4 aliphatic carbocycles. The maximum Gasteiger partial charge on any atom is 0.310 e. The van der Waals surface area contributed by atoms with Crippen LogP contribution in [-0.2, 0) is 34.8 Å². The van der Waals surface area contributed by atoms with E-state index in [0.717, 1.165) is 37.0 Å². The second kappa shape index (κ2) is 13.9. The molecular formula is C42H54O6. The average molecular weight is 655 g/mol. The van der Waals surface area contributed by atoms with Crippen LogP contribution in [0.1, 0.15) is 96.8 Å². The SMILES string of the molecule is CC(C)(CCOC(C)(C)c1ccc(C(C)(C)c2ccc(OCCCOC(=O)C3CC4C=CC3C4)cc2)cc1)OC(=O)C1CC2C=CC1C2. The molecule has 4 aliphatic rings. The number of carbonyl (C=O) groups is 2. The Labute approximate surface area is 287 Å². The quantitative estimate of drug-likeness (QED) is 0.109. The average Bonchev–Trinajstić information content (AvgIpc) is 3.88. The van der Waals surface area contributed by atoms with Crippen molar-refractivity contribution in [2.45, 2.75) is 96.7 Å². The van der Waals surface area contributed by atoms with Crippen LogP contribution < -0.4 is 4.74 Å². The van der Waals surface area contributed by atoms with Crippen molar-refractivity contribution in [1.29, 1.82) is 0 Å². The molecule has 0 N–H and O–H groups in total. The molecule has 0 aliphatic heterocycles. The van der Waals surface area contributed by atoms with Gasteiger partial charge in [0, 0.05) is 18.3 Å². The van der Waals surface area contributed by atoms with Gasteiger partial charge in [0.1, 0.15) is 11.4 Å². The minimum absolute atomic E-state index is 0.00852. The Morgan fingerprint density at radius 2 is 1.19 bits per heavy atom. The number of rotatable bonds is 15. The van der Waals surface area contributed by atoms with Gasteiger partial charge in [0.05, 0.1) is 37.3 Å². The minimum atomic E-state index is -0.575. The summed E-state index contributed by atoms with van der Waals surface area (Å²) in [5.41, 5.74) is 2.26. The molecular weight excluding hydrogens is 600 g/mol. The summed E-state index contributed by atoms with van der Waals surface area (Å²) in [5, 5.41) is 0. The molecule has 0 saturated heterocycles. The van der Waals surface area contributed by atoms with Gasteiger partial charge in [-0.2, -0.15) is 0 Å². The van der Waals surface area contributed by atoms with E-state index in [2.05, 4.69) is 88.4 Å². The van der Waals surface area contributed by atoms with E-state index in [-0.39, 0.29) is 29.2 Å². The van der Waals surface area contributed by atoms with Gasteiger partial charge in [-0.05, 0) is 106 Å². The first-order valence-electron chi connectivity index (χ1n) is 18.1. The van der Waals surface area contributed by atoms with Crippen LogP contribution in [0.4, 0.5) is 0 Å².